The molecular weight excluding hydrogens is 320 g/mol. The van der Waals surface area contributed by atoms with Gasteiger partial charge in [-0.1, -0.05) is 12.1 Å². The second-order valence-corrected chi connectivity index (χ2v) is 6.92. The summed E-state index contributed by atoms with van der Waals surface area (Å²) >= 11 is 1.74. The van der Waals surface area contributed by atoms with Crippen LogP contribution in [0.2, 0.25) is 0 Å². The SMILES string of the molecule is COc1ccc(CCC(=O)N2CCN(Cc3ccsc3)CC2)cc1. The van der Waals surface area contributed by atoms with Crippen LogP contribution in [0.1, 0.15) is 17.5 Å². The normalized spacial score (nSPS) is 15.5. The first-order chi connectivity index (χ1) is 11.7. The summed E-state index contributed by atoms with van der Waals surface area (Å²) in [6.07, 6.45) is 1.37. The predicted molar refractivity (Wildman–Crippen MR) is 97.5 cm³/mol. The van der Waals surface area contributed by atoms with Crippen molar-refractivity contribution in [2.24, 2.45) is 0 Å². The summed E-state index contributed by atoms with van der Waals surface area (Å²) in [5.74, 6) is 1.12. The number of aryl methyl sites for hydroxylation is 1. The summed E-state index contributed by atoms with van der Waals surface area (Å²) in [5, 5.41) is 4.32. The van der Waals surface area contributed by atoms with Crippen molar-refractivity contribution in [3.63, 3.8) is 0 Å². The molecule has 1 saturated heterocycles. The lowest BCUT2D eigenvalue weighted by Gasteiger charge is -2.34. The second-order valence-electron chi connectivity index (χ2n) is 6.14. The average Bonchev–Trinajstić information content (AvgIpc) is 3.14. The van der Waals surface area contributed by atoms with Gasteiger partial charge in [-0.2, -0.15) is 11.3 Å². The fourth-order valence-corrected chi connectivity index (χ4v) is 3.66. The molecule has 2 heterocycles. The number of carbonyl (C=O) groups is 1. The number of carbonyl (C=O) groups excluding carboxylic acids is 1. The molecule has 1 aliphatic heterocycles. The molecule has 1 amide bonds. The molecule has 0 N–H and O–H groups in total. The summed E-state index contributed by atoms with van der Waals surface area (Å²) < 4.78 is 5.16. The van der Waals surface area contributed by atoms with E-state index in [-0.39, 0.29) is 5.91 Å². The zero-order chi connectivity index (χ0) is 16.8. The highest BCUT2D eigenvalue weighted by Gasteiger charge is 2.20. The largest absolute Gasteiger partial charge is 0.497 e. The molecule has 3 rings (SSSR count). The lowest BCUT2D eigenvalue weighted by Crippen LogP contribution is -2.48. The lowest BCUT2D eigenvalue weighted by atomic mass is 10.1. The van der Waals surface area contributed by atoms with Crippen LogP contribution < -0.4 is 4.74 Å². The van der Waals surface area contributed by atoms with Crippen LogP contribution >= 0.6 is 11.3 Å². The molecule has 1 aromatic heterocycles. The summed E-state index contributed by atoms with van der Waals surface area (Å²) in [4.78, 5) is 16.8. The first-order valence-electron chi connectivity index (χ1n) is 8.39. The van der Waals surface area contributed by atoms with Crippen LogP contribution in [-0.2, 0) is 17.8 Å². The fourth-order valence-electron chi connectivity index (χ4n) is 3.00. The molecule has 1 aliphatic rings. The number of rotatable bonds is 6. The predicted octanol–water partition coefficient (Wildman–Crippen LogP) is 3.03. The number of piperazine rings is 1. The minimum Gasteiger partial charge on any atom is -0.497 e. The summed E-state index contributed by atoms with van der Waals surface area (Å²) in [5.41, 5.74) is 2.56. The monoisotopic (exact) mass is 344 g/mol. The highest BCUT2D eigenvalue weighted by Crippen LogP contribution is 2.15. The van der Waals surface area contributed by atoms with E-state index >= 15 is 0 Å². The maximum Gasteiger partial charge on any atom is 0.222 e. The van der Waals surface area contributed by atoms with Gasteiger partial charge in [0.1, 0.15) is 5.75 Å². The highest BCUT2D eigenvalue weighted by atomic mass is 32.1. The average molecular weight is 344 g/mol. The Hall–Kier alpha value is -1.85. The molecule has 5 heteroatoms. The number of nitrogens with zero attached hydrogens (tertiary/aromatic N) is 2. The number of methoxy groups -OCH3 is 1. The maximum absolute atomic E-state index is 12.4. The van der Waals surface area contributed by atoms with Gasteiger partial charge in [0.05, 0.1) is 7.11 Å². The number of hydrogen-bond donors (Lipinski definition) is 0. The molecule has 1 aromatic carbocycles. The van der Waals surface area contributed by atoms with Gasteiger partial charge in [-0.25, -0.2) is 0 Å². The van der Waals surface area contributed by atoms with Crippen LogP contribution in [-0.4, -0.2) is 49.0 Å². The molecule has 0 bridgehead atoms. The van der Waals surface area contributed by atoms with Crippen LogP contribution in [0.15, 0.2) is 41.1 Å². The molecule has 24 heavy (non-hydrogen) atoms. The molecule has 0 aliphatic carbocycles. The maximum atomic E-state index is 12.4. The van der Waals surface area contributed by atoms with Gasteiger partial charge >= 0.3 is 0 Å². The minimum absolute atomic E-state index is 0.265. The number of hydrogen-bond acceptors (Lipinski definition) is 4. The molecule has 0 unspecified atom stereocenters. The van der Waals surface area contributed by atoms with Crippen molar-refractivity contribution >= 4 is 17.2 Å². The summed E-state index contributed by atoms with van der Waals surface area (Å²) in [6.45, 7) is 4.60. The third kappa shape index (κ3) is 4.58. The van der Waals surface area contributed by atoms with E-state index in [0.717, 1.165) is 44.9 Å². The molecule has 2 aromatic rings. The molecule has 4 nitrogen and oxygen atoms in total. The number of thiophene rings is 1. The van der Waals surface area contributed by atoms with E-state index in [1.54, 1.807) is 18.4 Å². The van der Waals surface area contributed by atoms with Gasteiger partial charge in [-0.05, 0) is 46.5 Å². The van der Waals surface area contributed by atoms with Crippen molar-refractivity contribution in [1.29, 1.82) is 0 Å². The Kier molecular flexibility index (Phi) is 5.88. The Morgan fingerprint density at radius 2 is 1.83 bits per heavy atom. The Morgan fingerprint density at radius 3 is 2.46 bits per heavy atom. The third-order valence-corrected chi connectivity index (χ3v) is 5.23. The van der Waals surface area contributed by atoms with Crippen molar-refractivity contribution in [1.82, 2.24) is 9.80 Å². The smallest absolute Gasteiger partial charge is 0.222 e. The van der Waals surface area contributed by atoms with E-state index in [9.17, 15) is 4.79 Å². The van der Waals surface area contributed by atoms with E-state index in [1.165, 1.54) is 11.1 Å². The van der Waals surface area contributed by atoms with Crippen LogP contribution in [0.3, 0.4) is 0 Å². The van der Waals surface area contributed by atoms with Crippen LogP contribution in [0, 0.1) is 0 Å². The fraction of sp³-hybridized carbons (Fsp3) is 0.421. The Balaban J connectivity index is 1.41. The van der Waals surface area contributed by atoms with E-state index in [2.05, 4.69) is 21.7 Å². The van der Waals surface area contributed by atoms with Crippen molar-refractivity contribution in [2.75, 3.05) is 33.3 Å². The number of amides is 1. The highest BCUT2D eigenvalue weighted by molar-refractivity contribution is 7.07. The molecule has 0 spiro atoms. The number of benzene rings is 1. The van der Waals surface area contributed by atoms with Crippen LogP contribution in [0.25, 0.3) is 0 Å². The van der Waals surface area contributed by atoms with Gasteiger partial charge < -0.3 is 9.64 Å². The van der Waals surface area contributed by atoms with Gasteiger partial charge in [-0.15, -0.1) is 0 Å². The number of ether oxygens (including phenoxy) is 1. The zero-order valence-corrected chi connectivity index (χ0v) is 14.9. The lowest BCUT2D eigenvalue weighted by molar-refractivity contribution is -0.133. The summed E-state index contributed by atoms with van der Waals surface area (Å²) in [7, 11) is 1.66. The van der Waals surface area contributed by atoms with E-state index in [4.69, 9.17) is 4.74 Å². The first-order valence-corrected chi connectivity index (χ1v) is 9.33. The van der Waals surface area contributed by atoms with Crippen molar-refractivity contribution < 1.29 is 9.53 Å². The van der Waals surface area contributed by atoms with E-state index in [0.29, 0.717) is 6.42 Å². The Morgan fingerprint density at radius 1 is 1.08 bits per heavy atom. The summed E-state index contributed by atoms with van der Waals surface area (Å²) in [6, 6.07) is 10.1. The van der Waals surface area contributed by atoms with Crippen molar-refractivity contribution in [2.45, 2.75) is 19.4 Å². The second kappa shape index (κ2) is 8.31. The topological polar surface area (TPSA) is 32.8 Å². The third-order valence-electron chi connectivity index (χ3n) is 4.50. The van der Waals surface area contributed by atoms with Gasteiger partial charge in [0, 0.05) is 39.1 Å². The molecule has 0 radical (unpaired) electrons. The standard InChI is InChI=1S/C19H24N2O2S/c1-23-18-5-2-16(3-6-18)4-7-19(22)21-11-9-20(10-12-21)14-17-8-13-24-15-17/h2-3,5-6,8,13,15H,4,7,9-12,14H2,1H3. The Labute approximate surface area is 147 Å². The Bertz CT molecular complexity index is 632. The van der Waals surface area contributed by atoms with E-state index in [1.807, 2.05) is 29.2 Å². The molecule has 1 fully saturated rings. The first kappa shape index (κ1) is 17.0. The van der Waals surface area contributed by atoms with Crippen LogP contribution in [0.5, 0.6) is 5.75 Å². The van der Waals surface area contributed by atoms with Crippen molar-refractivity contribution in [3.05, 3.63) is 52.2 Å². The van der Waals surface area contributed by atoms with Gasteiger partial charge in [0.15, 0.2) is 0 Å². The molecule has 0 saturated carbocycles. The van der Waals surface area contributed by atoms with Gasteiger partial charge in [0.2, 0.25) is 5.91 Å². The van der Waals surface area contributed by atoms with Crippen LogP contribution in [0.4, 0.5) is 0 Å². The molecular formula is C19H24N2O2S. The van der Waals surface area contributed by atoms with Crippen molar-refractivity contribution in [3.8, 4) is 5.75 Å². The van der Waals surface area contributed by atoms with Gasteiger partial charge in [0.25, 0.3) is 0 Å². The quantitative estimate of drug-likeness (QED) is 0.807. The minimum atomic E-state index is 0.265. The molecule has 0 atom stereocenters. The van der Waals surface area contributed by atoms with Gasteiger partial charge in [-0.3, -0.25) is 9.69 Å². The molecule has 128 valence electrons. The van der Waals surface area contributed by atoms with E-state index < -0.39 is 0 Å². The zero-order valence-electron chi connectivity index (χ0n) is 14.1.